The van der Waals surface area contributed by atoms with Crippen molar-refractivity contribution >= 4 is 53.5 Å². The second-order valence-electron chi connectivity index (χ2n) is 11.9. The molecule has 0 bridgehead atoms. The van der Waals surface area contributed by atoms with Crippen LogP contribution in [0.5, 0.6) is 0 Å². The minimum Gasteiger partial charge on any atom is -0.463 e. The number of aromatic nitrogens is 2. The predicted molar refractivity (Wildman–Crippen MR) is 171 cm³/mol. The Hall–Kier alpha value is -5.48. The zero-order chi connectivity index (χ0) is 40.4. The first kappa shape index (κ1) is 42.9. The fourth-order valence-electron chi connectivity index (χ4n) is 5.57. The van der Waals surface area contributed by atoms with E-state index in [-0.39, 0.29) is 5.82 Å². The third-order valence-electron chi connectivity index (χ3n) is 7.31. The van der Waals surface area contributed by atoms with Crippen LogP contribution in [0.4, 0.5) is 5.82 Å². The van der Waals surface area contributed by atoms with E-state index in [4.69, 9.17) is 47.4 Å². The summed E-state index contributed by atoms with van der Waals surface area (Å²) in [5, 5.41) is 2.34. The zero-order valence-corrected chi connectivity index (χ0v) is 30.5. The van der Waals surface area contributed by atoms with Crippen molar-refractivity contribution < 1.29 is 85.7 Å². The maximum absolute atomic E-state index is 13.2. The lowest BCUT2D eigenvalue weighted by atomic mass is 9.95. The Morgan fingerprint density at radius 1 is 0.611 bits per heavy atom. The summed E-state index contributed by atoms with van der Waals surface area (Å²) in [6.07, 6.45) is -15.6. The molecule has 0 aliphatic carbocycles. The molecule has 22 heteroatoms. The predicted octanol–water partition coefficient (Wildman–Crippen LogP) is -1.01. The van der Waals surface area contributed by atoms with Crippen LogP contribution < -0.4 is 11.0 Å². The molecule has 1 amide bonds. The van der Waals surface area contributed by atoms with Gasteiger partial charge in [0.1, 0.15) is 37.3 Å². The molecule has 2 saturated heterocycles. The summed E-state index contributed by atoms with van der Waals surface area (Å²) in [5.41, 5.74) is -1.03. The topological polar surface area (TPSA) is 276 Å². The van der Waals surface area contributed by atoms with Crippen molar-refractivity contribution in [1.29, 1.82) is 0 Å². The molecule has 22 nitrogen and oxygen atoms in total. The van der Waals surface area contributed by atoms with Crippen LogP contribution in [0.3, 0.4) is 0 Å². The number of nitrogens with one attached hydrogen (secondary N) is 1. The monoisotopic (exact) mass is 771 g/mol. The van der Waals surface area contributed by atoms with Crippen LogP contribution in [0.25, 0.3) is 0 Å². The van der Waals surface area contributed by atoms with Crippen LogP contribution in [0.15, 0.2) is 17.1 Å². The third-order valence-corrected chi connectivity index (χ3v) is 7.31. The Morgan fingerprint density at radius 3 is 1.52 bits per heavy atom. The van der Waals surface area contributed by atoms with Crippen molar-refractivity contribution in [2.75, 3.05) is 18.5 Å². The summed E-state index contributed by atoms with van der Waals surface area (Å²) >= 11 is 0. The van der Waals surface area contributed by atoms with Gasteiger partial charge < -0.3 is 52.7 Å². The van der Waals surface area contributed by atoms with Crippen molar-refractivity contribution in [1.82, 2.24) is 9.55 Å². The molecule has 2 aliphatic rings. The van der Waals surface area contributed by atoms with E-state index in [1.807, 2.05) is 0 Å². The largest absolute Gasteiger partial charge is 0.463 e. The van der Waals surface area contributed by atoms with Gasteiger partial charge in [-0.05, 0) is 6.07 Å². The molecular formula is C32H41N3O19. The first-order chi connectivity index (χ1) is 25.3. The highest BCUT2D eigenvalue weighted by atomic mass is 16.8. The highest BCUT2D eigenvalue weighted by Crippen LogP contribution is 2.37. The molecule has 1 N–H and O–H groups in total. The summed E-state index contributed by atoms with van der Waals surface area (Å²) in [6, 6.07) is 1.22. The number of carbonyl (C=O) groups is 8. The number of hydrogen-bond acceptors (Lipinski definition) is 20. The summed E-state index contributed by atoms with van der Waals surface area (Å²) in [5.74, 6) is -6.99. The van der Waals surface area contributed by atoms with E-state index in [0.29, 0.717) is 0 Å². The number of amides is 1. The van der Waals surface area contributed by atoms with Crippen LogP contribution in [0.2, 0.25) is 0 Å². The van der Waals surface area contributed by atoms with E-state index in [9.17, 15) is 43.2 Å². The second kappa shape index (κ2) is 19.0. The SMILES string of the molecule is CC(=O)Nc1ccn(C2OC(COC(C)=O)C(OC3OC(COC(C)=O)C(OC(C)=O)C(OC(C)=O)C3OC(C)=O)C(OC(C)=O)C2OC(C)=O)c(=O)n1. The van der Waals surface area contributed by atoms with Crippen molar-refractivity contribution in [2.24, 2.45) is 0 Å². The summed E-state index contributed by atoms with van der Waals surface area (Å²) in [4.78, 5) is 114. The molecule has 2 fully saturated rings. The van der Waals surface area contributed by atoms with Crippen LogP contribution in [0.1, 0.15) is 61.6 Å². The van der Waals surface area contributed by atoms with E-state index < -0.39 is 128 Å². The van der Waals surface area contributed by atoms with Crippen molar-refractivity contribution in [3.8, 4) is 0 Å². The number of hydrogen-bond donors (Lipinski definition) is 1. The maximum atomic E-state index is 13.2. The van der Waals surface area contributed by atoms with Crippen LogP contribution in [-0.4, -0.2) is 126 Å². The third kappa shape index (κ3) is 12.0. The number of ether oxygens (including phenoxy) is 10. The Morgan fingerprint density at radius 2 is 1.06 bits per heavy atom. The normalized spacial score (nSPS) is 27.6. The number of nitrogens with zero attached hydrogens (tertiary/aromatic N) is 2. The fourth-order valence-corrected chi connectivity index (χ4v) is 5.57. The Kier molecular flexibility index (Phi) is 15.1. The number of carbonyl (C=O) groups excluding carboxylic acids is 8. The fraction of sp³-hybridized carbons (Fsp3) is 0.625. The molecule has 1 aromatic rings. The smallest absolute Gasteiger partial charge is 0.351 e. The van der Waals surface area contributed by atoms with E-state index in [1.165, 1.54) is 13.0 Å². The molecule has 0 saturated carbocycles. The van der Waals surface area contributed by atoms with E-state index in [2.05, 4.69) is 10.3 Å². The number of rotatable bonds is 13. The van der Waals surface area contributed by atoms with Gasteiger partial charge in [-0.2, -0.15) is 4.98 Å². The van der Waals surface area contributed by atoms with Gasteiger partial charge in [-0.25, -0.2) is 4.79 Å². The van der Waals surface area contributed by atoms with E-state index >= 15 is 0 Å². The van der Waals surface area contributed by atoms with E-state index in [1.54, 1.807) is 0 Å². The van der Waals surface area contributed by atoms with Gasteiger partial charge in [-0.15, -0.1) is 0 Å². The standard InChI is InChI=1S/C32H41N3O19/c1-13(36)33-23-9-10-35(32(44)34-23)30-28(50-19(7)42)26(48-17(5)40)25(21(52-30)11-45-14(2)37)54-31-29(51-20(8)43)27(49-18(6)41)24(47-16(4)39)22(53-31)12-46-15(3)38/h9-10,21-22,24-31H,11-12H2,1-8H3,(H,33,34,36,44). The zero-order valence-electron chi connectivity index (χ0n) is 30.5. The van der Waals surface area contributed by atoms with Gasteiger partial charge in [-0.1, -0.05) is 0 Å². The molecule has 3 rings (SSSR count). The van der Waals surface area contributed by atoms with Crippen LogP contribution >= 0.6 is 0 Å². The summed E-state index contributed by atoms with van der Waals surface area (Å²) in [7, 11) is 0. The number of anilines is 1. The molecule has 3 heterocycles. The Bertz CT molecular complexity index is 1660. The molecule has 2 aliphatic heterocycles. The average molecular weight is 772 g/mol. The molecule has 298 valence electrons. The molecule has 10 unspecified atom stereocenters. The van der Waals surface area contributed by atoms with Gasteiger partial charge in [0.25, 0.3) is 0 Å². The number of esters is 7. The lowest BCUT2D eigenvalue weighted by Gasteiger charge is -2.49. The van der Waals surface area contributed by atoms with Crippen molar-refractivity contribution in [3.05, 3.63) is 22.7 Å². The van der Waals surface area contributed by atoms with Gasteiger partial charge >= 0.3 is 47.5 Å². The second-order valence-corrected chi connectivity index (χ2v) is 11.9. The molecule has 0 aromatic carbocycles. The van der Waals surface area contributed by atoms with Gasteiger partial charge in [0.15, 0.2) is 43.0 Å². The van der Waals surface area contributed by atoms with Crippen molar-refractivity contribution in [2.45, 2.75) is 117 Å². The Balaban J connectivity index is 2.23. The van der Waals surface area contributed by atoms with Gasteiger partial charge in [-0.3, -0.25) is 42.9 Å². The molecule has 54 heavy (non-hydrogen) atoms. The quantitative estimate of drug-likeness (QED) is 0.186. The highest BCUT2D eigenvalue weighted by Gasteiger charge is 2.57. The highest BCUT2D eigenvalue weighted by molar-refractivity contribution is 5.87. The minimum absolute atomic E-state index is 0.138. The first-order valence-electron chi connectivity index (χ1n) is 16.2. The molecule has 10 atom stereocenters. The summed E-state index contributed by atoms with van der Waals surface area (Å²) < 4.78 is 57.1. The molecule has 0 radical (unpaired) electrons. The summed E-state index contributed by atoms with van der Waals surface area (Å²) in [6.45, 7) is 7.06. The van der Waals surface area contributed by atoms with Crippen LogP contribution in [-0.2, 0) is 85.7 Å². The maximum Gasteiger partial charge on any atom is 0.351 e. The van der Waals surface area contributed by atoms with Crippen molar-refractivity contribution in [3.63, 3.8) is 0 Å². The Labute approximate surface area is 306 Å². The lowest BCUT2D eigenvalue weighted by molar-refractivity contribution is -0.349. The molecular weight excluding hydrogens is 730 g/mol. The average Bonchev–Trinajstić information content (AvgIpc) is 3.02. The van der Waals surface area contributed by atoms with Gasteiger partial charge in [0, 0.05) is 61.6 Å². The van der Waals surface area contributed by atoms with E-state index in [0.717, 1.165) is 59.2 Å². The van der Waals surface area contributed by atoms with Gasteiger partial charge in [0.2, 0.25) is 5.91 Å². The van der Waals surface area contributed by atoms with Crippen LogP contribution in [0, 0.1) is 0 Å². The lowest BCUT2D eigenvalue weighted by Crippen LogP contribution is -2.66. The minimum atomic E-state index is -1.88. The molecule has 1 aromatic heterocycles. The molecule has 0 spiro atoms. The van der Waals surface area contributed by atoms with Gasteiger partial charge in [0.05, 0.1) is 0 Å². The first-order valence-corrected chi connectivity index (χ1v) is 16.2.